The van der Waals surface area contributed by atoms with Crippen LogP contribution in [0.2, 0.25) is 0 Å². The predicted octanol–water partition coefficient (Wildman–Crippen LogP) is 5.66. The Hall–Kier alpha value is -2.16. The number of para-hydroxylation sites is 1. The fourth-order valence-electron chi connectivity index (χ4n) is 5.14. The number of rotatable bonds is 0. The molecule has 0 spiro atoms. The molecule has 2 aromatic carbocycles. The van der Waals surface area contributed by atoms with Crippen LogP contribution in [-0.4, -0.2) is 20.8 Å². The second kappa shape index (κ2) is 4.76. The van der Waals surface area contributed by atoms with Gasteiger partial charge in [0, 0.05) is 14.1 Å². The summed E-state index contributed by atoms with van der Waals surface area (Å²) >= 11 is 0. The Morgan fingerprint density at radius 3 is 2.00 bits per heavy atom. The minimum absolute atomic E-state index is 0.240. The van der Waals surface area contributed by atoms with E-state index in [1.165, 1.54) is 52.4 Å². The number of nitrogens with zero attached hydrogens (tertiary/aromatic N) is 3. The lowest BCUT2D eigenvalue weighted by atomic mass is 9.63. The lowest BCUT2D eigenvalue weighted by molar-refractivity contribution is 0.332. The topological polar surface area (TPSA) is 9.72 Å². The normalized spacial score (nSPS) is 21.4. The Labute approximate surface area is 157 Å². The van der Waals surface area contributed by atoms with Gasteiger partial charge in [0.2, 0.25) is 0 Å². The lowest BCUT2D eigenvalue weighted by Gasteiger charge is -2.44. The van der Waals surface area contributed by atoms with Gasteiger partial charge < -0.3 is 14.7 Å². The maximum absolute atomic E-state index is 2.51. The Morgan fingerprint density at radius 2 is 1.35 bits per heavy atom. The molecular weight excluding hydrogens is 318 g/mol. The summed E-state index contributed by atoms with van der Waals surface area (Å²) in [6.45, 7) is 10.6. The van der Waals surface area contributed by atoms with Crippen molar-refractivity contribution in [3.05, 3.63) is 41.5 Å². The van der Waals surface area contributed by atoms with E-state index in [2.05, 4.69) is 86.8 Å². The van der Waals surface area contributed by atoms with E-state index in [4.69, 9.17) is 0 Å². The maximum Gasteiger partial charge on any atom is 0.0951 e. The summed E-state index contributed by atoms with van der Waals surface area (Å²) < 4.78 is 0. The average molecular weight is 348 g/mol. The quantitative estimate of drug-likeness (QED) is 0.608. The molecule has 0 radical (unpaired) electrons. The van der Waals surface area contributed by atoms with Crippen LogP contribution in [-0.2, 0) is 10.8 Å². The first-order valence-corrected chi connectivity index (χ1v) is 9.75. The van der Waals surface area contributed by atoms with Gasteiger partial charge >= 0.3 is 0 Å². The molecule has 0 fully saturated rings. The number of benzene rings is 2. The minimum atomic E-state index is 0.240. The SMILES string of the molecule is CN1CN2c3cc4c(cc3N(C)c3cccc1c32)C(C)(C)CCC4(C)C. The Morgan fingerprint density at radius 1 is 0.769 bits per heavy atom. The molecule has 0 saturated carbocycles. The molecule has 0 N–H and O–H groups in total. The van der Waals surface area contributed by atoms with Gasteiger partial charge in [-0.25, -0.2) is 0 Å². The average Bonchev–Trinajstić information content (AvgIpc) is 2.94. The second-order valence-electron chi connectivity index (χ2n) is 9.63. The van der Waals surface area contributed by atoms with Gasteiger partial charge in [-0.1, -0.05) is 33.8 Å². The van der Waals surface area contributed by atoms with Crippen molar-refractivity contribution in [1.82, 2.24) is 0 Å². The molecule has 2 aromatic rings. The van der Waals surface area contributed by atoms with Crippen LogP contribution in [0.25, 0.3) is 0 Å². The smallest absolute Gasteiger partial charge is 0.0951 e. The van der Waals surface area contributed by atoms with Crippen LogP contribution in [0, 0.1) is 0 Å². The van der Waals surface area contributed by atoms with Crippen LogP contribution >= 0.6 is 0 Å². The fraction of sp³-hybridized carbons (Fsp3) is 0.478. The predicted molar refractivity (Wildman–Crippen MR) is 112 cm³/mol. The molecule has 2 heterocycles. The maximum atomic E-state index is 2.51. The number of hydrogen-bond donors (Lipinski definition) is 0. The van der Waals surface area contributed by atoms with Gasteiger partial charge in [-0.15, -0.1) is 0 Å². The lowest BCUT2D eigenvalue weighted by Crippen LogP contribution is -2.36. The van der Waals surface area contributed by atoms with Crippen LogP contribution in [0.4, 0.5) is 28.4 Å². The molecule has 5 rings (SSSR count). The zero-order valence-electron chi connectivity index (χ0n) is 16.8. The van der Waals surface area contributed by atoms with Gasteiger partial charge in [0.25, 0.3) is 0 Å². The first-order chi connectivity index (χ1) is 12.2. The Bertz CT molecular complexity index is 925. The van der Waals surface area contributed by atoms with Gasteiger partial charge in [-0.05, 0) is 59.1 Å². The van der Waals surface area contributed by atoms with Crippen LogP contribution in [0.5, 0.6) is 0 Å². The van der Waals surface area contributed by atoms with Crippen LogP contribution in [0.1, 0.15) is 51.7 Å². The third-order valence-corrected chi connectivity index (χ3v) is 6.99. The monoisotopic (exact) mass is 347 g/mol. The van der Waals surface area contributed by atoms with Crippen molar-refractivity contribution in [3.63, 3.8) is 0 Å². The molecule has 3 aliphatic rings. The zero-order valence-corrected chi connectivity index (χ0v) is 16.8. The number of hydrogen-bond acceptors (Lipinski definition) is 3. The van der Waals surface area contributed by atoms with E-state index in [0.717, 1.165) is 6.67 Å². The second-order valence-corrected chi connectivity index (χ2v) is 9.63. The highest BCUT2D eigenvalue weighted by molar-refractivity contribution is 6.01. The van der Waals surface area contributed by atoms with Gasteiger partial charge in [-0.2, -0.15) is 0 Å². The van der Waals surface area contributed by atoms with Crippen molar-refractivity contribution in [2.45, 2.75) is 51.4 Å². The highest BCUT2D eigenvalue weighted by atomic mass is 15.4. The molecule has 1 aliphatic carbocycles. The highest BCUT2D eigenvalue weighted by Gasteiger charge is 2.41. The van der Waals surface area contributed by atoms with E-state index < -0.39 is 0 Å². The third-order valence-electron chi connectivity index (χ3n) is 6.99. The summed E-state index contributed by atoms with van der Waals surface area (Å²) in [7, 11) is 4.41. The van der Waals surface area contributed by atoms with Gasteiger partial charge in [-0.3, -0.25) is 0 Å². The van der Waals surface area contributed by atoms with Crippen molar-refractivity contribution < 1.29 is 0 Å². The first kappa shape index (κ1) is 16.0. The van der Waals surface area contributed by atoms with E-state index in [0.29, 0.717) is 0 Å². The largest absolute Gasteiger partial charge is 0.355 e. The van der Waals surface area contributed by atoms with Crippen molar-refractivity contribution >= 4 is 28.4 Å². The van der Waals surface area contributed by atoms with Crippen molar-refractivity contribution in [2.75, 3.05) is 35.5 Å². The summed E-state index contributed by atoms with van der Waals surface area (Å²) in [5, 5.41) is 0. The standard InChI is InChI=1S/C23H29N3/c1-22(2)10-11-23(3,4)16-13-20-19(12-15(16)22)25(6)18-9-7-8-17-21(18)26(20)14-24(17)5/h7-9,12-13H,10-11,14H2,1-6H3. The number of anilines is 5. The third kappa shape index (κ3) is 1.89. The minimum Gasteiger partial charge on any atom is -0.355 e. The molecule has 3 heteroatoms. The molecule has 136 valence electrons. The summed E-state index contributed by atoms with van der Waals surface area (Å²) in [6.07, 6.45) is 2.51. The molecule has 0 amide bonds. The van der Waals surface area contributed by atoms with Crippen LogP contribution in [0.15, 0.2) is 30.3 Å². The van der Waals surface area contributed by atoms with Gasteiger partial charge in [0.15, 0.2) is 0 Å². The molecule has 2 aliphatic heterocycles. The molecule has 0 aromatic heterocycles. The highest BCUT2D eigenvalue weighted by Crippen LogP contribution is 2.57. The van der Waals surface area contributed by atoms with E-state index in [-0.39, 0.29) is 10.8 Å². The van der Waals surface area contributed by atoms with Crippen molar-refractivity contribution in [1.29, 1.82) is 0 Å². The molecule has 3 nitrogen and oxygen atoms in total. The van der Waals surface area contributed by atoms with E-state index in [1.54, 1.807) is 0 Å². The van der Waals surface area contributed by atoms with E-state index in [1.807, 2.05) is 0 Å². The van der Waals surface area contributed by atoms with E-state index >= 15 is 0 Å². The molecule has 0 atom stereocenters. The number of fused-ring (bicyclic) bond motifs is 3. The van der Waals surface area contributed by atoms with Gasteiger partial charge in [0.1, 0.15) is 0 Å². The van der Waals surface area contributed by atoms with E-state index in [9.17, 15) is 0 Å². The van der Waals surface area contributed by atoms with Crippen molar-refractivity contribution in [2.24, 2.45) is 0 Å². The Kier molecular flexibility index (Phi) is 2.94. The van der Waals surface area contributed by atoms with Gasteiger partial charge in [0.05, 0.1) is 35.1 Å². The molecule has 26 heavy (non-hydrogen) atoms. The first-order valence-electron chi connectivity index (χ1n) is 9.75. The summed E-state index contributed by atoms with van der Waals surface area (Å²) in [5.74, 6) is 0. The molecule has 0 unspecified atom stereocenters. The summed E-state index contributed by atoms with van der Waals surface area (Å²) in [6, 6.07) is 11.7. The zero-order chi connectivity index (χ0) is 18.4. The molecular formula is C23H29N3. The molecule has 0 bridgehead atoms. The molecule has 0 saturated heterocycles. The summed E-state index contributed by atoms with van der Waals surface area (Å²) in [5.41, 5.74) is 10.3. The van der Waals surface area contributed by atoms with Crippen molar-refractivity contribution in [3.8, 4) is 0 Å². The Balaban J connectivity index is 1.79. The summed E-state index contributed by atoms with van der Waals surface area (Å²) in [4.78, 5) is 7.26. The van der Waals surface area contributed by atoms with Crippen LogP contribution < -0.4 is 14.7 Å². The van der Waals surface area contributed by atoms with Crippen LogP contribution in [0.3, 0.4) is 0 Å². The fourth-order valence-corrected chi connectivity index (χ4v) is 5.14.